The lowest BCUT2D eigenvalue weighted by Gasteiger charge is -2.40. The van der Waals surface area contributed by atoms with Crippen LogP contribution in [-0.2, 0) is 0 Å². The molecule has 0 amide bonds. The van der Waals surface area contributed by atoms with Gasteiger partial charge in [0.1, 0.15) is 0 Å². The zero-order valence-corrected chi connectivity index (χ0v) is 9.13. The van der Waals surface area contributed by atoms with Gasteiger partial charge in [0.2, 0.25) is 0 Å². The van der Waals surface area contributed by atoms with Crippen molar-refractivity contribution in [2.75, 3.05) is 26.2 Å². The standard InChI is InChI=1S/C11H22N2O/c1-2-11(14)5-3-4-10(11)13-8-6-12-7-9-13/h10,12,14H,2-9H2,1H3. The lowest BCUT2D eigenvalue weighted by molar-refractivity contribution is -0.0340. The normalized spacial score (nSPS) is 40.3. The SMILES string of the molecule is CCC1(O)CCCC1N1CCNCC1. The fourth-order valence-corrected chi connectivity index (χ4v) is 2.97. The van der Waals surface area contributed by atoms with Gasteiger partial charge in [-0.3, -0.25) is 4.90 Å². The van der Waals surface area contributed by atoms with Gasteiger partial charge < -0.3 is 10.4 Å². The average molecular weight is 198 g/mol. The van der Waals surface area contributed by atoms with Gasteiger partial charge in [-0.1, -0.05) is 6.92 Å². The van der Waals surface area contributed by atoms with Crippen LogP contribution in [0.25, 0.3) is 0 Å². The Morgan fingerprint density at radius 1 is 1.43 bits per heavy atom. The van der Waals surface area contributed by atoms with E-state index in [9.17, 15) is 5.11 Å². The van der Waals surface area contributed by atoms with Gasteiger partial charge in [0.15, 0.2) is 0 Å². The summed E-state index contributed by atoms with van der Waals surface area (Å²) in [4.78, 5) is 2.48. The van der Waals surface area contributed by atoms with E-state index in [4.69, 9.17) is 0 Å². The first-order valence-electron chi connectivity index (χ1n) is 5.93. The third-order valence-electron chi connectivity index (χ3n) is 3.91. The summed E-state index contributed by atoms with van der Waals surface area (Å²) in [5.41, 5.74) is -0.392. The second kappa shape index (κ2) is 4.17. The van der Waals surface area contributed by atoms with Crippen LogP contribution in [0, 0.1) is 0 Å². The van der Waals surface area contributed by atoms with E-state index in [1.54, 1.807) is 0 Å². The molecule has 2 rings (SSSR count). The van der Waals surface area contributed by atoms with Crippen molar-refractivity contribution in [3.63, 3.8) is 0 Å². The molecule has 0 spiro atoms. The highest BCUT2D eigenvalue weighted by Crippen LogP contribution is 2.36. The molecule has 3 nitrogen and oxygen atoms in total. The van der Waals surface area contributed by atoms with Crippen LogP contribution in [-0.4, -0.2) is 47.8 Å². The predicted octanol–water partition coefficient (Wildman–Crippen LogP) is 0.585. The number of hydrogen-bond donors (Lipinski definition) is 2. The predicted molar refractivity (Wildman–Crippen MR) is 57.3 cm³/mol. The molecule has 2 fully saturated rings. The molecule has 14 heavy (non-hydrogen) atoms. The van der Waals surface area contributed by atoms with E-state index in [1.165, 1.54) is 12.8 Å². The Kier molecular flexibility index (Phi) is 3.10. The maximum absolute atomic E-state index is 10.4. The summed E-state index contributed by atoms with van der Waals surface area (Å²) in [6.45, 7) is 6.48. The molecule has 1 saturated heterocycles. The molecule has 1 aliphatic carbocycles. The molecule has 1 heterocycles. The fourth-order valence-electron chi connectivity index (χ4n) is 2.97. The largest absolute Gasteiger partial charge is 0.388 e. The number of hydrogen-bond acceptors (Lipinski definition) is 3. The van der Waals surface area contributed by atoms with Crippen molar-refractivity contribution >= 4 is 0 Å². The number of nitrogens with zero attached hydrogens (tertiary/aromatic N) is 1. The summed E-state index contributed by atoms with van der Waals surface area (Å²) >= 11 is 0. The Balaban J connectivity index is 2.01. The van der Waals surface area contributed by atoms with Gasteiger partial charge >= 0.3 is 0 Å². The van der Waals surface area contributed by atoms with Crippen molar-refractivity contribution in [1.29, 1.82) is 0 Å². The van der Waals surface area contributed by atoms with E-state index >= 15 is 0 Å². The van der Waals surface area contributed by atoms with E-state index in [1.807, 2.05) is 0 Å². The Hall–Kier alpha value is -0.120. The molecule has 0 radical (unpaired) electrons. The zero-order chi connectivity index (χ0) is 10.0. The first kappa shape index (κ1) is 10.4. The monoisotopic (exact) mass is 198 g/mol. The molecule has 0 aromatic rings. The van der Waals surface area contributed by atoms with Gasteiger partial charge in [0.25, 0.3) is 0 Å². The minimum absolute atomic E-state index is 0.392. The number of aliphatic hydroxyl groups is 1. The molecule has 82 valence electrons. The van der Waals surface area contributed by atoms with Crippen LogP contribution in [0.15, 0.2) is 0 Å². The smallest absolute Gasteiger partial charge is 0.0799 e. The van der Waals surface area contributed by atoms with Gasteiger partial charge in [-0.05, 0) is 25.7 Å². The number of rotatable bonds is 2. The number of nitrogens with one attached hydrogen (secondary N) is 1. The zero-order valence-electron chi connectivity index (χ0n) is 9.13. The molecule has 0 aromatic heterocycles. The summed E-state index contributed by atoms with van der Waals surface area (Å²) in [6, 6.07) is 0.426. The van der Waals surface area contributed by atoms with E-state index in [2.05, 4.69) is 17.1 Å². The van der Waals surface area contributed by atoms with Crippen LogP contribution in [0.4, 0.5) is 0 Å². The van der Waals surface area contributed by atoms with Gasteiger partial charge in [-0.15, -0.1) is 0 Å². The van der Waals surface area contributed by atoms with Crippen molar-refractivity contribution in [3.8, 4) is 0 Å². The minimum atomic E-state index is -0.392. The van der Waals surface area contributed by atoms with Gasteiger partial charge in [0, 0.05) is 32.2 Å². The van der Waals surface area contributed by atoms with Crippen molar-refractivity contribution in [2.45, 2.75) is 44.2 Å². The Morgan fingerprint density at radius 2 is 2.14 bits per heavy atom. The second-order valence-electron chi connectivity index (χ2n) is 4.65. The minimum Gasteiger partial charge on any atom is -0.388 e. The molecule has 2 atom stereocenters. The summed E-state index contributed by atoms with van der Waals surface area (Å²) in [6.07, 6.45) is 4.28. The van der Waals surface area contributed by atoms with Crippen LogP contribution in [0.3, 0.4) is 0 Å². The molecule has 3 heteroatoms. The summed E-state index contributed by atoms with van der Waals surface area (Å²) in [5.74, 6) is 0. The van der Waals surface area contributed by atoms with E-state index in [0.717, 1.165) is 39.0 Å². The lowest BCUT2D eigenvalue weighted by Crippen LogP contribution is -2.55. The van der Waals surface area contributed by atoms with Crippen LogP contribution in [0.1, 0.15) is 32.6 Å². The topological polar surface area (TPSA) is 35.5 Å². The maximum Gasteiger partial charge on any atom is 0.0799 e. The molecule has 2 aliphatic rings. The van der Waals surface area contributed by atoms with E-state index in [0.29, 0.717) is 6.04 Å². The molecule has 2 unspecified atom stereocenters. The molecular weight excluding hydrogens is 176 g/mol. The van der Waals surface area contributed by atoms with Crippen LogP contribution in [0.5, 0.6) is 0 Å². The lowest BCUT2D eigenvalue weighted by atomic mass is 9.93. The molecule has 1 saturated carbocycles. The molecular formula is C11H22N2O. The van der Waals surface area contributed by atoms with Gasteiger partial charge in [-0.25, -0.2) is 0 Å². The summed E-state index contributed by atoms with van der Waals surface area (Å²) in [5, 5.41) is 13.8. The number of piperazine rings is 1. The molecule has 1 aliphatic heterocycles. The van der Waals surface area contributed by atoms with Crippen molar-refractivity contribution in [3.05, 3.63) is 0 Å². The third-order valence-corrected chi connectivity index (χ3v) is 3.91. The first-order valence-corrected chi connectivity index (χ1v) is 5.93. The van der Waals surface area contributed by atoms with Gasteiger partial charge in [-0.2, -0.15) is 0 Å². The Labute approximate surface area is 86.5 Å². The molecule has 2 N–H and O–H groups in total. The van der Waals surface area contributed by atoms with Crippen LogP contribution < -0.4 is 5.32 Å². The first-order chi connectivity index (χ1) is 6.76. The molecule has 0 aromatic carbocycles. The maximum atomic E-state index is 10.4. The van der Waals surface area contributed by atoms with Crippen LogP contribution in [0.2, 0.25) is 0 Å². The Morgan fingerprint density at radius 3 is 2.79 bits per heavy atom. The van der Waals surface area contributed by atoms with Crippen LogP contribution >= 0.6 is 0 Å². The molecule has 0 bridgehead atoms. The third kappa shape index (κ3) is 1.81. The highest BCUT2D eigenvalue weighted by Gasteiger charge is 2.42. The van der Waals surface area contributed by atoms with Crippen molar-refractivity contribution in [1.82, 2.24) is 10.2 Å². The summed E-state index contributed by atoms with van der Waals surface area (Å²) < 4.78 is 0. The van der Waals surface area contributed by atoms with Crippen molar-refractivity contribution in [2.24, 2.45) is 0 Å². The average Bonchev–Trinajstić information content (AvgIpc) is 2.63. The Bertz CT molecular complexity index is 192. The van der Waals surface area contributed by atoms with Gasteiger partial charge in [0.05, 0.1) is 5.60 Å². The van der Waals surface area contributed by atoms with E-state index in [-0.39, 0.29) is 0 Å². The highest BCUT2D eigenvalue weighted by molar-refractivity contribution is 4.98. The fraction of sp³-hybridized carbons (Fsp3) is 1.00. The summed E-state index contributed by atoms with van der Waals surface area (Å²) in [7, 11) is 0. The highest BCUT2D eigenvalue weighted by atomic mass is 16.3. The quantitative estimate of drug-likeness (QED) is 0.681. The second-order valence-corrected chi connectivity index (χ2v) is 4.65. The van der Waals surface area contributed by atoms with Crippen molar-refractivity contribution < 1.29 is 5.11 Å². The van der Waals surface area contributed by atoms with E-state index < -0.39 is 5.60 Å².